The SMILES string of the molecule is CN1CCC(C)(CN2C(=O)NC(=O)C(C)(C)C2=O)CC1. The van der Waals surface area contributed by atoms with E-state index in [2.05, 4.69) is 24.2 Å². The number of hydrogen-bond donors (Lipinski definition) is 1. The van der Waals surface area contributed by atoms with Crippen LogP contribution in [0.4, 0.5) is 4.79 Å². The van der Waals surface area contributed by atoms with Crippen molar-refractivity contribution in [1.29, 1.82) is 0 Å². The highest BCUT2D eigenvalue weighted by molar-refractivity contribution is 6.18. The van der Waals surface area contributed by atoms with Crippen molar-refractivity contribution >= 4 is 17.8 Å². The van der Waals surface area contributed by atoms with Gasteiger partial charge in [0.05, 0.1) is 0 Å². The van der Waals surface area contributed by atoms with Gasteiger partial charge in [-0.15, -0.1) is 0 Å². The monoisotopic (exact) mass is 281 g/mol. The normalized spacial score (nSPS) is 26.6. The number of rotatable bonds is 2. The minimum atomic E-state index is -1.17. The van der Waals surface area contributed by atoms with Gasteiger partial charge < -0.3 is 4.90 Å². The lowest BCUT2D eigenvalue weighted by atomic mass is 9.79. The maximum Gasteiger partial charge on any atom is 0.330 e. The molecule has 0 aromatic carbocycles. The summed E-state index contributed by atoms with van der Waals surface area (Å²) >= 11 is 0. The number of barbiturate groups is 1. The number of nitrogens with zero attached hydrogens (tertiary/aromatic N) is 2. The molecule has 6 nitrogen and oxygen atoms in total. The Hall–Kier alpha value is -1.43. The Labute approximate surface area is 119 Å². The van der Waals surface area contributed by atoms with Crippen molar-refractivity contribution in [2.24, 2.45) is 10.8 Å². The van der Waals surface area contributed by atoms with Crippen molar-refractivity contribution in [3.05, 3.63) is 0 Å². The molecule has 0 saturated carbocycles. The molecule has 2 rings (SSSR count). The molecule has 0 aliphatic carbocycles. The summed E-state index contributed by atoms with van der Waals surface area (Å²) in [6.07, 6.45) is 1.88. The molecule has 0 bridgehead atoms. The van der Waals surface area contributed by atoms with Gasteiger partial charge in [0.25, 0.3) is 0 Å². The van der Waals surface area contributed by atoms with Crippen molar-refractivity contribution in [3.8, 4) is 0 Å². The maximum atomic E-state index is 12.4. The number of piperidine rings is 1. The molecular formula is C14H23N3O3. The van der Waals surface area contributed by atoms with E-state index in [1.54, 1.807) is 13.8 Å². The molecule has 20 heavy (non-hydrogen) atoms. The zero-order valence-corrected chi connectivity index (χ0v) is 12.7. The first kappa shape index (κ1) is 15.0. The fourth-order valence-electron chi connectivity index (χ4n) is 2.69. The Balaban J connectivity index is 2.14. The summed E-state index contributed by atoms with van der Waals surface area (Å²) in [5.41, 5.74) is -1.24. The molecular weight excluding hydrogens is 258 g/mol. The number of carbonyl (C=O) groups is 3. The summed E-state index contributed by atoms with van der Waals surface area (Å²) in [5.74, 6) is -0.913. The third kappa shape index (κ3) is 2.57. The summed E-state index contributed by atoms with van der Waals surface area (Å²) in [6, 6.07) is -0.584. The molecule has 4 amide bonds. The van der Waals surface area contributed by atoms with E-state index in [4.69, 9.17) is 0 Å². The van der Waals surface area contributed by atoms with Crippen molar-refractivity contribution in [2.45, 2.75) is 33.6 Å². The number of imide groups is 2. The topological polar surface area (TPSA) is 69.7 Å². The van der Waals surface area contributed by atoms with Crippen LogP contribution in [0.5, 0.6) is 0 Å². The number of amides is 4. The second-order valence-electron chi connectivity index (χ2n) is 6.89. The van der Waals surface area contributed by atoms with Gasteiger partial charge in [-0.3, -0.25) is 19.8 Å². The third-order valence-electron chi connectivity index (χ3n) is 4.55. The summed E-state index contributed by atoms with van der Waals surface area (Å²) in [4.78, 5) is 39.5. The molecule has 0 aromatic heterocycles. The molecule has 1 N–H and O–H groups in total. The van der Waals surface area contributed by atoms with E-state index in [0.717, 1.165) is 25.9 Å². The van der Waals surface area contributed by atoms with E-state index >= 15 is 0 Å². The Morgan fingerprint density at radius 2 is 1.65 bits per heavy atom. The number of nitrogens with one attached hydrogen (secondary N) is 1. The zero-order valence-electron chi connectivity index (χ0n) is 12.7. The van der Waals surface area contributed by atoms with Crippen LogP contribution in [0.2, 0.25) is 0 Å². The first-order valence-corrected chi connectivity index (χ1v) is 7.02. The maximum absolute atomic E-state index is 12.4. The molecule has 2 heterocycles. The minimum Gasteiger partial charge on any atom is -0.306 e. The number of urea groups is 1. The van der Waals surface area contributed by atoms with Gasteiger partial charge in [-0.25, -0.2) is 4.79 Å². The van der Waals surface area contributed by atoms with Crippen LogP contribution in [0.25, 0.3) is 0 Å². The predicted molar refractivity (Wildman–Crippen MR) is 73.9 cm³/mol. The van der Waals surface area contributed by atoms with Crippen molar-refractivity contribution in [1.82, 2.24) is 15.1 Å². The molecule has 2 aliphatic heterocycles. The highest BCUT2D eigenvalue weighted by atomic mass is 16.2. The van der Waals surface area contributed by atoms with Crippen LogP contribution in [0.15, 0.2) is 0 Å². The minimum absolute atomic E-state index is 0.0734. The molecule has 112 valence electrons. The van der Waals surface area contributed by atoms with E-state index in [0.29, 0.717) is 6.54 Å². The van der Waals surface area contributed by atoms with Crippen LogP contribution < -0.4 is 5.32 Å². The fraction of sp³-hybridized carbons (Fsp3) is 0.786. The summed E-state index contributed by atoms with van der Waals surface area (Å²) in [5, 5.41) is 2.28. The van der Waals surface area contributed by atoms with Crippen LogP contribution in [0.1, 0.15) is 33.6 Å². The molecule has 2 aliphatic rings. The first-order chi connectivity index (χ1) is 9.16. The van der Waals surface area contributed by atoms with Gasteiger partial charge in [-0.1, -0.05) is 6.92 Å². The smallest absolute Gasteiger partial charge is 0.306 e. The molecule has 0 radical (unpaired) electrons. The van der Waals surface area contributed by atoms with E-state index in [1.165, 1.54) is 4.90 Å². The molecule has 0 aromatic rings. The molecule has 6 heteroatoms. The van der Waals surface area contributed by atoms with E-state index in [9.17, 15) is 14.4 Å². The Morgan fingerprint density at radius 3 is 2.20 bits per heavy atom. The second-order valence-corrected chi connectivity index (χ2v) is 6.89. The average Bonchev–Trinajstić information content (AvgIpc) is 2.37. The van der Waals surface area contributed by atoms with Gasteiger partial charge in [0.1, 0.15) is 5.41 Å². The van der Waals surface area contributed by atoms with Gasteiger partial charge >= 0.3 is 6.03 Å². The molecule has 2 saturated heterocycles. The Kier molecular flexibility index (Phi) is 3.62. The van der Waals surface area contributed by atoms with E-state index in [-0.39, 0.29) is 5.41 Å². The molecule has 0 spiro atoms. The number of likely N-dealkylation sites (tertiary alicyclic amines) is 1. The molecule has 0 unspecified atom stereocenters. The van der Waals surface area contributed by atoms with Crippen LogP contribution >= 0.6 is 0 Å². The highest BCUT2D eigenvalue weighted by Gasteiger charge is 2.48. The molecule has 0 atom stereocenters. The lowest BCUT2D eigenvalue weighted by Gasteiger charge is -2.43. The van der Waals surface area contributed by atoms with Crippen molar-refractivity contribution < 1.29 is 14.4 Å². The van der Waals surface area contributed by atoms with Crippen LogP contribution in [-0.2, 0) is 9.59 Å². The molecule has 2 fully saturated rings. The van der Waals surface area contributed by atoms with Gasteiger partial charge in [-0.05, 0) is 52.2 Å². The third-order valence-corrected chi connectivity index (χ3v) is 4.55. The van der Waals surface area contributed by atoms with E-state index in [1.807, 2.05) is 0 Å². The predicted octanol–water partition coefficient (Wildman–Crippen LogP) is 0.823. The first-order valence-electron chi connectivity index (χ1n) is 7.02. The highest BCUT2D eigenvalue weighted by Crippen LogP contribution is 2.33. The summed E-state index contributed by atoms with van der Waals surface area (Å²) in [7, 11) is 2.07. The zero-order chi connectivity index (χ0) is 15.1. The van der Waals surface area contributed by atoms with Crippen LogP contribution in [0.3, 0.4) is 0 Å². The largest absolute Gasteiger partial charge is 0.330 e. The quantitative estimate of drug-likeness (QED) is 0.761. The van der Waals surface area contributed by atoms with Gasteiger partial charge in [0.2, 0.25) is 11.8 Å². The van der Waals surface area contributed by atoms with Gasteiger partial charge in [0.15, 0.2) is 0 Å². The summed E-state index contributed by atoms with van der Waals surface area (Å²) < 4.78 is 0. The fourth-order valence-corrected chi connectivity index (χ4v) is 2.69. The lowest BCUT2D eigenvalue weighted by molar-refractivity contribution is -0.150. The average molecular weight is 281 g/mol. The lowest BCUT2D eigenvalue weighted by Crippen LogP contribution is -2.63. The standard InChI is InChI=1S/C14H23N3O3/c1-13(2)10(18)15-12(20)17(11(13)19)9-14(3)5-7-16(4)8-6-14/h5-9H2,1-4H3,(H,15,18,20). The number of carbonyl (C=O) groups excluding carboxylic acids is 3. The Bertz CT molecular complexity index is 451. The van der Waals surface area contributed by atoms with Crippen LogP contribution in [-0.4, -0.2) is 54.3 Å². The van der Waals surface area contributed by atoms with Crippen molar-refractivity contribution in [2.75, 3.05) is 26.7 Å². The van der Waals surface area contributed by atoms with E-state index < -0.39 is 23.3 Å². The van der Waals surface area contributed by atoms with Gasteiger partial charge in [-0.2, -0.15) is 0 Å². The summed E-state index contributed by atoms with van der Waals surface area (Å²) in [6.45, 7) is 7.51. The van der Waals surface area contributed by atoms with Crippen molar-refractivity contribution in [3.63, 3.8) is 0 Å². The van der Waals surface area contributed by atoms with Gasteiger partial charge in [0, 0.05) is 6.54 Å². The Morgan fingerprint density at radius 1 is 1.10 bits per heavy atom. The van der Waals surface area contributed by atoms with Crippen LogP contribution in [0, 0.1) is 10.8 Å². The number of hydrogen-bond acceptors (Lipinski definition) is 4. The second kappa shape index (κ2) is 4.84.